The first kappa shape index (κ1) is 15.0. The molecule has 0 saturated carbocycles. The molecule has 2 aliphatic rings. The molecule has 0 spiro atoms. The van der Waals surface area contributed by atoms with Gasteiger partial charge in [-0.15, -0.1) is 11.3 Å². The minimum absolute atomic E-state index is 0.155. The lowest BCUT2D eigenvalue weighted by atomic mass is 9.98. The van der Waals surface area contributed by atoms with Gasteiger partial charge in [0.1, 0.15) is 0 Å². The van der Waals surface area contributed by atoms with Crippen LogP contribution in [0.25, 0.3) is 0 Å². The number of hydrogen-bond acceptors (Lipinski definition) is 4. The number of amides is 1. The highest BCUT2D eigenvalue weighted by atomic mass is 32.1. The second-order valence-electron chi connectivity index (χ2n) is 6.21. The lowest BCUT2D eigenvalue weighted by molar-refractivity contribution is -0.134. The second kappa shape index (κ2) is 6.44. The Morgan fingerprint density at radius 3 is 2.90 bits per heavy atom. The summed E-state index contributed by atoms with van der Waals surface area (Å²) in [5.74, 6) is 0.682. The monoisotopic (exact) mass is 308 g/mol. The summed E-state index contributed by atoms with van der Waals surface area (Å²) in [6.07, 6.45) is 5.08. The Morgan fingerprint density at radius 2 is 2.24 bits per heavy atom. The molecule has 0 aromatic carbocycles. The van der Waals surface area contributed by atoms with Crippen molar-refractivity contribution in [2.45, 2.75) is 58.0 Å². The lowest BCUT2D eigenvalue weighted by Gasteiger charge is -2.32. The Labute approximate surface area is 130 Å². The van der Waals surface area contributed by atoms with E-state index in [1.807, 2.05) is 4.90 Å². The van der Waals surface area contributed by atoms with Gasteiger partial charge in [-0.3, -0.25) is 4.79 Å². The van der Waals surface area contributed by atoms with Gasteiger partial charge in [0.2, 0.25) is 5.91 Å². The van der Waals surface area contributed by atoms with Gasteiger partial charge < -0.3 is 9.64 Å². The molecule has 3 rings (SSSR count). The maximum atomic E-state index is 12.4. The standard InChI is InChI=1S/C16H24N2O2S/c1-11-12(2)21-16(17-11)13-5-3-7-18(10-13)15(19)9-14-6-4-8-20-14/h13-14H,3-10H2,1-2H3/t13-,14-/m1/s1. The van der Waals surface area contributed by atoms with Gasteiger partial charge in [-0.05, 0) is 39.5 Å². The summed E-state index contributed by atoms with van der Waals surface area (Å²) in [7, 11) is 0. The van der Waals surface area contributed by atoms with Gasteiger partial charge in [-0.2, -0.15) is 0 Å². The normalized spacial score (nSPS) is 26.3. The summed E-state index contributed by atoms with van der Waals surface area (Å²) in [5, 5.41) is 1.21. The average Bonchev–Trinajstić information content (AvgIpc) is 3.10. The molecule has 0 unspecified atom stereocenters. The van der Waals surface area contributed by atoms with E-state index in [0.717, 1.165) is 51.1 Å². The van der Waals surface area contributed by atoms with Crippen molar-refractivity contribution in [3.05, 3.63) is 15.6 Å². The van der Waals surface area contributed by atoms with Gasteiger partial charge >= 0.3 is 0 Å². The van der Waals surface area contributed by atoms with Crippen molar-refractivity contribution >= 4 is 17.2 Å². The number of carbonyl (C=O) groups excluding carboxylic acids is 1. The van der Waals surface area contributed by atoms with Crippen molar-refractivity contribution < 1.29 is 9.53 Å². The van der Waals surface area contributed by atoms with Crippen LogP contribution in [-0.2, 0) is 9.53 Å². The zero-order valence-electron chi connectivity index (χ0n) is 12.9. The first-order chi connectivity index (χ1) is 10.1. The predicted molar refractivity (Wildman–Crippen MR) is 83.7 cm³/mol. The molecule has 0 bridgehead atoms. The number of nitrogens with zero attached hydrogens (tertiary/aromatic N) is 2. The van der Waals surface area contributed by atoms with Crippen molar-refractivity contribution in [3.8, 4) is 0 Å². The number of ether oxygens (including phenoxy) is 1. The van der Waals surface area contributed by atoms with E-state index in [0.29, 0.717) is 12.3 Å². The van der Waals surface area contributed by atoms with Crippen LogP contribution in [0.15, 0.2) is 0 Å². The fraction of sp³-hybridized carbons (Fsp3) is 0.750. The first-order valence-electron chi connectivity index (χ1n) is 7.97. The molecule has 1 amide bonds. The molecular weight excluding hydrogens is 284 g/mol. The van der Waals surface area contributed by atoms with E-state index in [-0.39, 0.29) is 12.0 Å². The van der Waals surface area contributed by atoms with Crippen molar-refractivity contribution in [1.82, 2.24) is 9.88 Å². The van der Waals surface area contributed by atoms with Gasteiger partial charge in [0, 0.05) is 30.5 Å². The van der Waals surface area contributed by atoms with Crippen LogP contribution < -0.4 is 0 Å². The van der Waals surface area contributed by atoms with E-state index in [4.69, 9.17) is 4.74 Å². The number of hydrogen-bond donors (Lipinski definition) is 0. The SMILES string of the molecule is Cc1nc([C@@H]2CCCN(C(=O)C[C@H]3CCCO3)C2)sc1C. The number of piperidine rings is 1. The van der Waals surface area contributed by atoms with Crippen LogP contribution in [0.4, 0.5) is 0 Å². The highest BCUT2D eigenvalue weighted by Crippen LogP contribution is 2.31. The molecule has 3 heterocycles. The third-order valence-corrected chi connectivity index (χ3v) is 5.83. The van der Waals surface area contributed by atoms with Crippen LogP contribution in [0.5, 0.6) is 0 Å². The lowest BCUT2D eigenvalue weighted by Crippen LogP contribution is -2.40. The summed E-state index contributed by atoms with van der Waals surface area (Å²) in [6, 6.07) is 0. The van der Waals surface area contributed by atoms with Crippen molar-refractivity contribution in [3.63, 3.8) is 0 Å². The van der Waals surface area contributed by atoms with Crippen molar-refractivity contribution in [2.24, 2.45) is 0 Å². The zero-order chi connectivity index (χ0) is 14.8. The van der Waals surface area contributed by atoms with Crippen molar-refractivity contribution in [2.75, 3.05) is 19.7 Å². The van der Waals surface area contributed by atoms with E-state index in [1.54, 1.807) is 11.3 Å². The quantitative estimate of drug-likeness (QED) is 0.862. The van der Waals surface area contributed by atoms with Gasteiger partial charge in [-0.1, -0.05) is 0 Å². The van der Waals surface area contributed by atoms with Crippen LogP contribution in [0.2, 0.25) is 0 Å². The number of aryl methyl sites for hydroxylation is 2. The van der Waals surface area contributed by atoms with Gasteiger partial charge in [-0.25, -0.2) is 4.98 Å². The molecule has 0 N–H and O–H groups in total. The van der Waals surface area contributed by atoms with Gasteiger partial charge in [0.05, 0.1) is 23.2 Å². The van der Waals surface area contributed by atoms with E-state index >= 15 is 0 Å². The van der Waals surface area contributed by atoms with Crippen molar-refractivity contribution in [1.29, 1.82) is 0 Å². The topological polar surface area (TPSA) is 42.4 Å². The molecule has 2 fully saturated rings. The Hall–Kier alpha value is -0.940. The molecular formula is C16H24N2O2S. The molecule has 0 radical (unpaired) electrons. The zero-order valence-corrected chi connectivity index (χ0v) is 13.7. The van der Waals surface area contributed by atoms with E-state index in [2.05, 4.69) is 18.8 Å². The third-order valence-electron chi connectivity index (χ3n) is 4.59. The largest absolute Gasteiger partial charge is 0.378 e. The summed E-state index contributed by atoms with van der Waals surface area (Å²) in [4.78, 5) is 20.4. The van der Waals surface area contributed by atoms with E-state index in [1.165, 1.54) is 9.88 Å². The van der Waals surface area contributed by atoms with Gasteiger partial charge in [0.15, 0.2) is 0 Å². The van der Waals surface area contributed by atoms with Crippen LogP contribution >= 0.6 is 11.3 Å². The smallest absolute Gasteiger partial charge is 0.225 e. The third kappa shape index (κ3) is 3.46. The fourth-order valence-electron chi connectivity index (χ4n) is 3.21. The predicted octanol–water partition coefficient (Wildman–Crippen LogP) is 3.04. The Kier molecular flexibility index (Phi) is 4.60. The fourth-order valence-corrected chi connectivity index (χ4v) is 4.26. The molecule has 2 aliphatic heterocycles. The molecule has 1 aromatic heterocycles. The summed E-state index contributed by atoms with van der Waals surface area (Å²) in [5.41, 5.74) is 1.14. The van der Waals surface area contributed by atoms with Crippen LogP contribution in [0, 0.1) is 13.8 Å². The Morgan fingerprint density at radius 1 is 1.38 bits per heavy atom. The summed E-state index contributed by atoms with van der Waals surface area (Å²) in [6.45, 7) is 6.74. The number of rotatable bonds is 3. The summed E-state index contributed by atoms with van der Waals surface area (Å²) >= 11 is 1.79. The average molecular weight is 308 g/mol. The van der Waals surface area contributed by atoms with E-state index in [9.17, 15) is 4.79 Å². The number of thiazole rings is 1. The van der Waals surface area contributed by atoms with Crippen LogP contribution in [0.3, 0.4) is 0 Å². The summed E-state index contributed by atoms with van der Waals surface area (Å²) < 4.78 is 5.59. The minimum Gasteiger partial charge on any atom is -0.378 e. The first-order valence-corrected chi connectivity index (χ1v) is 8.78. The van der Waals surface area contributed by atoms with Gasteiger partial charge in [0.25, 0.3) is 0 Å². The Bertz CT molecular complexity index is 489. The number of likely N-dealkylation sites (tertiary alicyclic amines) is 1. The molecule has 5 heteroatoms. The second-order valence-corrected chi connectivity index (χ2v) is 7.45. The Balaban J connectivity index is 1.60. The maximum Gasteiger partial charge on any atom is 0.225 e. The van der Waals surface area contributed by atoms with Crippen LogP contribution in [0.1, 0.15) is 53.6 Å². The highest BCUT2D eigenvalue weighted by molar-refractivity contribution is 7.11. The molecule has 2 atom stereocenters. The van der Waals surface area contributed by atoms with Crippen LogP contribution in [-0.4, -0.2) is 41.6 Å². The highest BCUT2D eigenvalue weighted by Gasteiger charge is 2.29. The minimum atomic E-state index is 0.155. The number of aromatic nitrogens is 1. The van der Waals surface area contributed by atoms with E-state index < -0.39 is 0 Å². The molecule has 21 heavy (non-hydrogen) atoms. The maximum absolute atomic E-state index is 12.4. The molecule has 4 nitrogen and oxygen atoms in total. The number of carbonyl (C=O) groups is 1. The molecule has 1 aromatic rings. The molecule has 2 saturated heterocycles. The molecule has 0 aliphatic carbocycles. The molecule has 116 valence electrons.